The molecule has 0 atom stereocenters. The predicted molar refractivity (Wildman–Crippen MR) is 73.1 cm³/mol. The number of alkyl halides is 2. The molecule has 0 aliphatic carbocycles. The number of benzene rings is 1. The number of aromatic amines is 1. The third kappa shape index (κ3) is 3.01. The lowest BCUT2D eigenvalue weighted by molar-refractivity contribution is 0.148. The number of nitrogens with two attached hydrogens (primary N) is 1. The fourth-order valence-corrected chi connectivity index (χ4v) is 2.71. The molecule has 0 bridgehead atoms. The summed E-state index contributed by atoms with van der Waals surface area (Å²) in [6.45, 7) is 2.40. The Morgan fingerprint density at radius 3 is 2.90 bits per heavy atom. The maximum Gasteiger partial charge on any atom is 0.343 e. The molecular formula is C12H14F2N4OS. The van der Waals surface area contributed by atoms with Crippen molar-refractivity contribution >= 4 is 17.4 Å². The van der Waals surface area contributed by atoms with Crippen LogP contribution < -0.4 is 11.4 Å². The molecule has 8 heteroatoms. The third-order valence-corrected chi connectivity index (χ3v) is 3.73. The summed E-state index contributed by atoms with van der Waals surface area (Å²) in [6.07, 6.45) is -1.89. The SMILES string of the molecule is CCCn1c(Sc2ccc(N)cc2C(F)F)n[nH]c1=O. The van der Waals surface area contributed by atoms with Crippen LogP contribution in [0.2, 0.25) is 0 Å². The van der Waals surface area contributed by atoms with Crippen molar-refractivity contribution in [3.63, 3.8) is 0 Å². The summed E-state index contributed by atoms with van der Waals surface area (Å²) >= 11 is 1.02. The first-order chi connectivity index (χ1) is 9.52. The molecule has 108 valence electrons. The molecule has 2 rings (SSSR count). The van der Waals surface area contributed by atoms with E-state index < -0.39 is 6.43 Å². The van der Waals surface area contributed by atoms with Gasteiger partial charge in [-0.1, -0.05) is 6.92 Å². The fourth-order valence-electron chi connectivity index (χ4n) is 1.73. The lowest BCUT2D eigenvalue weighted by Crippen LogP contribution is -2.17. The van der Waals surface area contributed by atoms with Crippen molar-refractivity contribution in [1.82, 2.24) is 14.8 Å². The Bertz CT molecular complexity index is 653. The highest BCUT2D eigenvalue weighted by Crippen LogP contribution is 2.35. The van der Waals surface area contributed by atoms with Crippen LogP contribution in [-0.2, 0) is 6.54 Å². The molecule has 0 saturated heterocycles. The Morgan fingerprint density at radius 2 is 2.25 bits per heavy atom. The summed E-state index contributed by atoms with van der Waals surface area (Å²) in [5.41, 5.74) is 5.29. The fraction of sp³-hybridized carbons (Fsp3) is 0.333. The number of H-pyrrole nitrogens is 1. The number of rotatable bonds is 5. The van der Waals surface area contributed by atoms with E-state index in [0.717, 1.165) is 18.2 Å². The van der Waals surface area contributed by atoms with Gasteiger partial charge in [0.25, 0.3) is 6.43 Å². The third-order valence-electron chi connectivity index (χ3n) is 2.64. The van der Waals surface area contributed by atoms with Gasteiger partial charge in [0, 0.05) is 22.7 Å². The van der Waals surface area contributed by atoms with E-state index in [1.54, 1.807) is 6.07 Å². The van der Waals surface area contributed by atoms with E-state index in [2.05, 4.69) is 10.2 Å². The number of nitrogens with one attached hydrogen (secondary N) is 1. The molecule has 0 aliphatic heterocycles. The Labute approximate surface area is 118 Å². The molecule has 2 aromatic rings. The first kappa shape index (κ1) is 14.6. The molecule has 0 unspecified atom stereocenters. The second kappa shape index (κ2) is 6.08. The minimum atomic E-state index is -2.63. The van der Waals surface area contributed by atoms with E-state index in [0.29, 0.717) is 16.6 Å². The van der Waals surface area contributed by atoms with Crippen molar-refractivity contribution in [2.24, 2.45) is 0 Å². The quantitative estimate of drug-likeness (QED) is 0.832. The van der Waals surface area contributed by atoms with Gasteiger partial charge in [-0.25, -0.2) is 18.7 Å². The molecule has 1 aromatic heterocycles. The summed E-state index contributed by atoms with van der Waals surface area (Å²) in [7, 11) is 0. The average molecular weight is 300 g/mol. The van der Waals surface area contributed by atoms with Crippen LogP contribution in [0.4, 0.5) is 14.5 Å². The summed E-state index contributed by atoms with van der Waals surface area (Å²) in [4.78, 5) is 11.9. The molecule has 5 nitrogen and oxygen atoms in total. The maximum atomic E-state index is 13.0. The second-order valence-electron chi connectivity index (χ2n) is 4.16. The van der Waals surface area contributed by atoms with Crippen LogP contribution in [0.25, 0.3) is 0 Å². The zero-order valence-corrected chi connectivity index (χ0v) is 11.6. The van der Waals surface area contributed by atoms with Gasteiger partial charge in [-0.2, -0.15) is 0 Å². The molecular weight excluding hydrogens is 286 g/mol. The Morgan fingerprint density at radius 1 is 1.50 bits per heavy atom. The maximum absolute atomic E-state index is 13.0. The van der Waals surface area contributed by atoms with E-state index in [1.807, 2.05) is 6.92 Å². The zero-order valence-electron chi connectivity index (χ0n) is 10.8. The normalized spacial score (nSPS) is 11.2. The Balaban J connectivity index is 2.37. The van der Waals surface area contributed by atoms with Crippen LogP contribution in [0, 0.1) is 0 Å². The molecule has 0 radical (unpaired) electrons. The molecule has 0 saturated carbocycles. The predicted octanol–water partition coefficient (Wildman–Crippen LogP) is 2.65. The minimum absolute atomic E-state index is 0.159. The summed E-state index contributed by atoms with van der Waals surface area (Å²) in [5, 5.41) is 6.56. The topological polar surface area (TPSA) is 76.7 Å². The van der Waals surface area contributed by atoms with Crippen molar-refractivity contribution in [2.45, 2.75) is 36.4 Å². The highest BCUT2D eigenvalue weighted by molar-refractivity contribution is 7.99. The number of halogens is 2. The molecule has 20 heavy (non-hydrogen) atoms. The van der Waals surface area contributed by atoms with E-state index in [4.69, 9.17) is 5.73 Å². The van der Waals surface area contributed by atoms with Crippen molar-refractivity contribution in [3.8, 4) is 0 Å². The van der Waals surface area contributed by atoms with Crippen LogP contribution in [0.1, 0.15) is 25.3 Å². The van der Waals surface area contributed by atoms with Crippen LogP contribution in [0.3, 0.4) is 0 Å². The first-order valence-corrected chi connectivity index (χ1v) is 6.85. The van der Waals surface area contributed by atoms with Gasteiger partial charge < -0.3 is 5.73 Å². The van der Waals surface area contributed by atoms with E-state index in [-0.39, 0.29) is 16.9 Å². The Kier molecular flexibility index (Phi) is 4.43. The molecule has 0 amide bonds. The molecule has 0 spiro atoms. The van der Waals surface area contributed by atoms with Crippen molar-refractivity contribution in [1.29, 1.82) is 0 Å². The zero-order chi connectivity index (χ0) is 14.7. The molecule has 3 N–H and O–H groups in total. The van der Waals surface area contributed by atoms with E-state index in [1.165, 1.54) is 16.7 Å². The van der Waals surface area contributed by atoms with Crippen LogP contribution >= 0.6 is 11.8 Å². The minimum Gasteiger partial charge on any atom is -0.399 e. The van der Waals surface area contributed by atoms with Gasteiger partial charge in [0.15, 0.2) is 5.16 Å². The van der Waals surface area contributed by atoms with Crippen molar-refractivity contribution in [3.05, 3.63) is 34.2 Å². The number of nitrogen functional groups attached to an aromatic ring is 1. The van der Waals surface area contributed by atoms with Gasteiger partial charge in [0.1, 0.15) is 0 Å². The number of hydrogen-bond donors (Lipinski definition) is 2. The summed E-state index contributed by atoms with van der Waals surface area (Å²) in [5.74, 6) is 0. The summed E-state index contributed by atoms with van der Waals surface area (Å²) in [6, 6.07) is 4.29. The standard InChI is InChI=1S/C12H14F2N4OS/c1-2-5-18-11(19)16-17-12(18)20-9-4-3-7(15)6-8(9)10(13)14/h3-4,6,10H,2,5,15H2,1H3,(H,16,19). The highest BCUT2D eigenvalue weighted by Gasteiger charge is 2.17. The van der Waals surface area contributed by atoms with Crippen LogP contribution in [0.5, 0.6) is 0 Å². The number of nitrogens with zero attached hydrogens (tertiary/aromatic N) is 2. The van der Waals surface area contributed by atoms with Crippen LogP contribution in [-0.4, -0.2) is 14.8 Å². The van der Waals surface area contributed by atoms with Crippen molar-refractivity contribution < 1.29 is 8.78 Å². The molecule has 0 fully saturated rings. The molecule has 1 heterocycles. The summed E-state index contributed by atoms with van der Waals surface area (Å²) < 4.78 is 27.4. The lowest BCUT2D eigenvalue weighted by atomic mass is 10.2. The monoisotopic (exact) mass is 300 g/mol. The van der Waals surface area contributed by atoms with Crippen LogP contribution in [0.15, 0.2) is 33.0 Å². The largest absolute Gasteiger partial charge is 0.399 e. The van der Waals surface area contributed by atoms with E-state index >= 15 is 0 Å². The van der Waals surface area contributed by atoms with E-state index in [9.17, 15) is 13.6 Å². The molecule has 0 aliphatic rings. The molecule has 1 aromatic carbocycles. The van der Waals surface area contributed by atoms with Gasteiger partial charge in [0.2, 0.25) is 0 Å². The lowest BCUT2D eigenvalue weighted by Gasteiger charge is -2.09. The Hall–Kier alpha value is -1.83. The van der Waals surface area contributed by atoms with Crippen molar-refractivity contribution in [2.75, 3.05) is 5.73 Å². The van der Waals surface area contributed by atoms with Gasteiger partial charge in [-0.15, -0.1) is 5.10 Å². The smallest absolute Gasteiger partial charge is 0.343 e. The highest BCUT2D eigenvalue weighted by atomic mass is 32.2. The van der Waals surface area contributed by atoms with Gasteiger partial charge in [-0.3, -0.25) is 4.57 Å². The first-order valence-electron chi connectivity index (χ1n) is 6.03. The van der Waals surface area contributed by atoms with Gasteiger partial charge >= 0.3 is 5.69 Å². The number of aromatic nitrogens is 3. The van der Waals surface area contributed by atoms with Gasteiger partial charge in [0.05, 0.1) is 0 Å². The number of hydrogen-bond acceptors (Lipinski definition) is 4. The second-order valence-corrected chi connectivity index (χ2v) is 5.17. The van der Waals surface area contributed by atoms with Gasteiger partial charge in [-0.05, 0) is 36.4 Å². The number of anilines is 1. The average Bonchev–Trinajstić information content (AvgIpc) is 2.74.